The molecular formula is C20H24BrNO3. The van der Waals surface area contributed by atoms with Gasteiger partial charge in [-0.05, 0) is 46.1 Å². The van der Waals surface area contributed by atoms with E-state index >= 15 is 0 Å². The van der Waals surface area contributed by atoms with E-state index in [-0.39, 0.29) is 6.04 Å². The highest BCUT2D eigenvalue weighted by molar-refractivity contribution is 9.10. The average Bonchev–Trinajstić information content (AvgIpc) is 2.64. The van der Waals surface area contributed by atoms with Gasteiger partial charge >= 0.3 is 0 Å². The molecule has 0 radical (unpaired) electrons. The smallest absolute Gasteiger partial charge is 0.175 e. The zero-order valence-corrected chi connectivity index (χ0v) is 16.1. The van der Waals surface area contributed by atoms with Gasteiger partial charge in [-0.15, -0.1) is 0 Å². The summed E-state index contributed by atoms with van der Waals surface area (Å²) >= 11 is 3.53. The molecule has 2 rings (SSSR count). The SMILES string of the molecule is C=CCOc1c(Br)cc(CN[C@@H](C)[C@@H](O)c2ccccc2)cc1OC. The first kappa shape index (κ1) is 19.5. The number of halogens is 1. The molecule has 0 amide bonds. The number of methoxy groups -OCH3 is 1. The first-order valence-electron chi connectivity index (χ1n) is 8.13. The molecule has 0 heterocycles. The largest absolute Gasteiger partial charge is 0.493 e. The zero-order chi connectivity index (χ0) is 18.2. The Morgan fingerprint density at radius 1 is 1.28 bits per heavy atom. The summed E-state index contributed by atoms with van der Waals surface area (Å²) in [5.41, 5.74) is 1.93. The molecule has 0 saturated carbocycles. The van der Waals surface area contributed by atoms with Gasteiger partial charge in [-0.2, -0.15) is 0 Å². The molecule has 0 saturated heterocycles. The quantitative estimate of drug-likeness (QED) is 0.612. The molecule has 2 N–H and O–H groups in total. The van der Waals surface area contributed by atoms with Crippen LogP contribution in [-0.4, -0.2) is 24.9 Å². The molecule has 0 spiro atoms. The first-order chi connectivity index (χ1) is 12.1. The molecule has 4 nitrogen and oxygen atoms in total. The van der Waals surface area contributed by atoms with E-state index < -0.39 is 6.10 Å². The second-order valence-corrected chi connectivity index (χ2v) is 6.59. The molecule has 134 valence electrons. The maximum absolute atomic E-state index is 10.4. The Hall–Kier alpha value is -1.82. The van der Waals surface area contributed by atoms with Crippen molar-refractivity contribution in [2.75, 3.05) is 13.7 Å². The lowest BCUT2D eigenvalue weighted by molar-refractivity contribution is 0.135. The third kappa shape index (κ3) is 5.33. The van der Waals surface area contributed by atoms with Crippen LogP contribution in [0.1, 0.15) is 24.2 Å². The summed E-state index contributed by atoms with van der Waals surface area (Å²) in [5, 5.41) is 13.8. The highest BCUT2D eigenvalue weighted by Gasteiger charge is 2.16. The summed E-state index contributed by atoms with van der Waals surface area (Å²) in [4.78, 5) is 0. The predicted octanol–water partition coefficient (Wildman–Crippen LogP) is 4.23. The molecule has 0 bridgehead atoms. The summed E-state index contributed by atoms with van der Waals surface area (Å²) in [5.74, 6) is 1.31. The van der Waals surface area contributed by atoms with Crippen molar-refractivity contribution in [1.29, 1.82) is 0 Å². The summed E-state index contributed by atoms with van der Waals surface area (Å²) in [6.07, 6.45) is 1.12. The Kier molecular flexibility index (Phi) is 7.50. The third-order valence-corrected chi connectivity index (χ3v) is 4.47. The molecule has 5 heteroatoms. The molecule has 0 aliphatic heterocycles. The molecule has 0 unspecified atom stereocenters. The van der Waals surface area contributed by atoms with Crippen molar-refractivity contribution in [3.8, 4) is 11.5 Å². The summed E-state index contributed by atoms with van der Waals surface area (Å²) in [7, 11) is 1.61. The lowest BCUT2D eigenvalue weighted by Crippen LogP contribution is -2.31. The van der Waals surface area contributed by atoms with Gasteiger partial charge in [0.05, 0.1) is 17.7 Å². The lowest BCUT2D eigenvalue weighted by atomic mass is 10.0. The van der Waals surface area contributed by atoms with Crippen LogP contribution in [-0.2, 0) is 6.54 Å². The van der Waals surface area contributed by atoms with Crippen molar-refractivity contribution >= 4 is 15.9 Å². The van der Waals surface area contributed by atoms with E-state index in [0.717, 1.165) is 15.6 Å². The van der Waals surface area contributed by atoms with E-state index in [2.05, 4.69) is 27.8 Å². The van der Waals surface area contributed by atoms with Crippen molar-refractivity contribution in [2.45, 2.75) is 25.6 Å². The second kappa shape index (κ2) is 9.61. The maximum atomic E-state index is 10.4. The number of nitrogens with one attached hydrogen (secondary N) is 1. The number of aliphatic hydroxyl groups is 1. The first-order valence-corrected chi connectivity index (χ1v) is 8.92. The minimum atomic E-state index is -0.568. The van der Waals surface area contributed by atoms with Gasteiger partial charge in [-0.25, -0.2) is 0 Å². The Labute approximate surface area is 157 Å². The number of aliphatic hydroxyl groups excluding tert-OH is 1. The Balaban J connectivity index is 2.05. The van der Waals surface area contributed by atoms with E-state index in [1.807, 2.05) is 49.4 Å². The average molecular weight is 406 g/mol. The molecule has 25 heavy (non-hydrogen) atoms. The molecule has 0 aliphatic carbocycles. The summed E-state index contributed by atoms with van der Waals surface area (Å²) in [6.45, 7) is 6.63. The highest BCUT2D eigenvalue weighted by Crippen LogP contribution is 2.36. The molecule has 2 aromatic carbocycles. The number of rotatable bonds is 9. The van der Waals surface area contributed by atoms with E-state index in [9.17, 15) is 5.11 Å². The monoisotopic (exact) mass is 405 g/mol. The van der Waals surface area contributed by atoms with Crippen LogP contribution in [0.25, 0.3) is 0 Å². The zero-order valence-electron chi connectivity index (χ0n) is 14.5. The Morgan fingerprint density at radius 2 is 2.00 bits per heavy atom. The fourth-order valence-corrected chi connectivity index (χ4v) is 3.09. The highest BCUT2D eigenvalue weighted by atomic mass is 79.9. The number of ether oxygens (including phenoxy) is 2. The normalized spacial score (nSPS) is 13.1. The van der Waals surface area contributed by atoms with Crippen LogP contribution in [0, 0.1) is 0 Å². The number of benzene rings is 2. The van der Waals surface area contributed by atoms with Crippen LogP contribution >= 0.6 is 15.9 Å². The minimum Gasteiger partial charge on any atom is -0.493 e. The van der Waals surface area contributed by atoms with Crippen LogP contribution in [0.15, 0.2) is 59.6 Å². The van der Waals surface area contributed by atoms with Crippen LogP contribution in [0.2, 0.25) is 0 Å². The van der Waals surface area contributed by atoms with Crippen LogP contribution < -0.4 is 14.8 Å². The van der Waals surface area contributed by atoms with E-state index in [4.69, 9.17) is 9.47 Å². The van der Waals surface area contributed by atoms with Crippen LogP contribution in [0.5, 0.6) is 11.5 Å². The molecule has 0 aliphatic rings. The molecular weight excluding hydrogens is 382 g/mol. The minimum absolute atomic E-state index is 0.0936. The lowest BCUT2D eigenvalue weighted by Gasteiger charge is -2.21. The third-order valence-electron chi connectivity index (χ3n) is 3.88. The Bertz CT molecular complexity index is 691. The van der Waals surface area contributed by atoms with Gasteiger partial charge in [-0.3, -0.25) is 0 Å². The van der Waals surface area contributed by atoms with Gasteiger partial charge in [0.25, 0.3) is 0 Å². The molecule has 2 aromatic rings. The van der Waals surface area contributed by atoms with Gasteiger partial charge in [0.1, 0.15) is 6.61 Å². The van der Waals surface area contributed by atoms with Crippen molar-refractivity contribution in [2.24, 2.45) is 0 Å². The van der Waals surface area contributed by atoms with E-state index in [1.54, 1.807) is 13.2 Å². The number of hydrogen-bond donors (Lipinski definition) is 2. The van der Waals surface area contributed by atoms with Gasteiger partial charge in [0, 0.05) is 12.6 Å². The maximum Gasteiger partial charge on any atom is 0.175 e. The standard InChI is InChI=1S/C20H24BrNO3/c1-4-10-25-20-17(21)11-15(12-18(20)24-3)13-22-14(2)19(23)16-8-6-5-7-9-16/h4-9,11-12,14,19,22-23H,1,10,13H2,2-3H3/t14-,19+/m0/s1. The topological polar surface area (TPSA) is 50.7 Å². The van der Waals surface area contributed by atoms with E-state index in [1.165, 1.54) is 0 Å². The Morgan fingerprint density at radius 3 is 2.64 bits per heavy atom. The van der Waals surface area contributed by atoms with Crippen molar-refractivity contribution < 1.29 is 14.6 Å². The number of hydrogen-bond acceptors (Lipinski definition) is 4. The van der Waals surface area contributed by atoms with Crippen molar-refractivity contribution in [1.82, 2.24) is 5.32 Å². The van der Waals surface area contributed by atoms with Gasteiger partial charge in [-0.1, -0.05) is 43.0 Å². The van der Waals surface area contributed by atoms with Gasteiger partial charge in [0.2, 0.25) is 0 Å². The van der Waals surface area contributed by atoms with Crippen molar-refractivity contribution in [3.63, 3.8) is 0 Å². The summed E-state index contributed by atoms with van der Waals surface area (Å²) < 4.78 is 11.9. The molecule has 0 fully saturated rings. The molecule has 0 aromatic heterocycles. The fourth-order valence-electron chi connectivity index (χ4n) is 2.49. The van der Waals surface area contributed by atoms with Gasteiger partial charge in [0.15, 0.2) is 11.5 Å². The van der Waals surface area contributed by atoms with Gasteiger partial charge < -0.3 is 19.9 Å². The molecule has 2 atom stereocenters. The van der Waals surface area contributed by atoms with Crippen molar-refractivity contribution in [3.05, 3.63) is 70.7 Å². The predicted molar refractivity (Wildman–Crippen MR) is 104 cm³/mol. The van der Waals surface area contributed by atoms with Crippen LogP contribution in [0.3, 0.4) is 0 Å². The summed E-state index contributed by atoms with van der Waals surface area (Å²) in [6, 6.07) is 13.5. The fraction of sp³-hybridized carbons (Fsp3) is 0.300. The second-order valence-electron chi connectivity index (χ2n) is 5.73. The van der Waals surface area contributed by atoms with Crippen LogP contribution in [0.4, 0.5) is 0 Å². The van der Waals surface area contributed by atoms with E-state index in [0.29, 0.717) is 24.7 Å².